The molecule has 1 heteroatoms. The van der Waals surface area contributed by atoms with Crippen molar-refractivity contribution in [1.29, 1.82) is 0 Å². The van der Waals surface area contributed by atoms with Gasteiger partial charge in [0.1, 0.15) is 0 Å². The average molecular weight is 211 g/mol. The Morgan fingerprint density at radius 2 is 0.933 bits per heavy atom. The summed E-state index contributed by atoms with van der Waals surface area (Å²) >= 11 is 0. The van der Waals surface area contributed by atoms with Gasteiger partial charge in [-0.3, -0.25) is 9.52 Å². The maximum Gasteiger partial charge on any atom is -0.0398 e. The first kappa shape index (κ1) is 10.2. The number of hydrogen-bond acceptors (Lipinski definition) is 0. The van der Waals surface area contributed by atoms with Crippen LogP contribution in [0.15, 0.2) is 48.5 Å². The van der Waals surface area contributed by atoms with E-state index < -0.39 is 0 Å². The van der Waals surface area contributed by atoms with E-state index in [1.807, 2.05) is 0 Å². The Balaban J connectivity index is 2.15. The predicted molar refractivity (Wildman–Crippen MR) is 68.8 cm³/mol. The molecule has 0 bridgehead atoms. The van der Waals surface area contributed by atoms with Crippen LogP contribution in [-0.4, -0.2) is 9.52 Å². The van der Waals surface area contributed by atoms with Gasteiger partial charge in [-0.25, -0.2) is 0 Å². The monoisotopic (exact) mass is 211 g/mol. The maximum atomic E-state index is 2.24. The molecule has 0 aliphatic carbocycles. The molecule has 0 amide bonds. The summed E-state index contributed by atoms with van der Waals surface area (Å²) in [5.74, 6) is 0. The third kappa shape index (κ3) is 2.80. The van der Waals surface area contributed by atoms with Crippen LogP contribution in [0.2, 0.25) is 0 Å². The number of rotatable bonds is 2. The van der Waals surface area contributed by atoms with Crippen LogP contribution in [0.5, 0.6) is 0 Å². The minimum absolute atomic E-state index is 0.252. The molecule has 0 radical (unpaired) electrons. The van der Waals surface area contributed by atoms with Crippen molar-refractivity contribution < 1.29 is 0 Å². The summed E-state index contributed by atoms with van der Waals surface area (Å²) in [6.07, 6.45) is 0. The summed E-state index contributed by atoms with van der Waals surface area (Å²) in [4.78, 5) is 0. The van der Waals surface area contributed by atoms with Crippen LogP contribution in [-0.2, 0) is 0 Å². The number of aryl methyl sites for hydroxylation is 2. The summed E-state index contributed by atoms with van der Waals surface area (Å²) < 4.78 is 0. The molecule has 0 spiro atoms. The summed E-state index contributed by atoms with van der Waals surface area (Å²) in [6, 6.07) is 17.7. The molecule has 15 heavy (non-hydrogen) atoms. The molecule has 0 fully saturated rings. The van der Waals surface area contributed by atoms with E-state index in [1.165, 1.54) is 21.5 Å². The number of benzene rings is 2. The fourth-order valence-corrected chi connectivity index (χ4v) is 2.67. The zero-order chi connectivity index (χ0) is 10.7. The van der Waals surface area contributed by atoms with Gasteiger partial charge < -0.3 is 0 Å². The minimum Gasteiger partial charge on any atom is -0.269 e. The van der Waals surface area contributed by atoms with Crippen LogP contribution in [0.1, 0.15) is 11.1 Å². The quantitative estimate of drug-likeness (QED) is 0.663. The summed E-state index contributed by atoms with van der Waals surface area (Å²) in [5, 5.41) is 2.92. The highest BCUT2D eigenvalue weighted by molar-refractivity contribution is 6.67. The Hall–Kier alpha value is -1.34. The van der Waals surface area contributed by atoms with E-state index in [0.29, 0.717) is 0 Å². The lowest BCUT2D eigenvalue weighted by atomic mass is 10.2. The Morgan fingerprint density at radius 1 is 0.600 bits per heavy atom. The van der Waals surface area contributed by atoms with Gasteiger partial charge in [-0.05, 0) is 13.8 Å². The van der Waals surface area contributed by atoms with Crippen LogP contribution in [0.3, 0.4) is 0 Å². The molecule has 0 aliphatic rings. The zero-order valence-corrected chi connectivity index (χ0v) is 10.4. The van der Waals surface area contributed by atoms with Crippen molar-refractivity contribution in [3.05, 3.63) is 59.7 Å². The highest BCUT2D eigenvalue weighted by atomic mass is 28.2. The van der Waals surface area contributed by atoms with Crippen molar-refractivity contribution in [2.24, 2.45) is 0 Å². The molecule has 0 aromatic heterocycles. The zero-order valence-electron chi connectivity index (χ0n) is 9.20. The Labute approximate surface area is 93.8 Å². The molecule has 0 saturated heterocycles. The highest BCUT2D eigenvalue weighted by Gasteiger charge is 1.85. The van der Waals surface area contributed by atoms with Gasteiger partial charge in [0.2, 0.25) is 0 Å². The van der Waals surface area contributed by atoms with Crippen LogP contribution < -0.4 is 10.4 Å². The molecule has 2 aromatic rings. The van der Waals surface area contributed by atoms with Crippen molar-refractivity contribution in [1.82, 2.24) is 0 Å². The van der Waals surface area contributed by atoms with E-state index in [0.717, 1.165) is 0 Å². The van der Waals surface area contributed by atoms with E-state index in [1.54, 1.807) is 0 Å². The molecule has 0 saturated carbocycles. The Morgan fingerprint density at radius 3 is 1.27 bits per heavy atom. The summed E-state index contributed by atoms with van der Waals surface area (Å²) in [5.41, 5.74) is 2.67. The standard InChI is InChI=1S/C14H15Si/c1-11-3-7-13(8-4-11)15-14-9-5-12(2)6-10-14/h3-10,15H,1-2H3/q-1. The average Bonchev–Trinajstić information content (AvgIpc) is 2.25. The third-order valence-corrected chi connectivity index (χ3v) is 3.92. The second-order valence-corrected chi connectivity index (χ2v) is 5.59. The van der Waals surface area contributed by atoms with E-state index in [2.05, 4.69) is 62.4 Å². The van der Waals surface area contributed by atoms with Gasteiger partial charge >= 0.3 is 0 Å². The first-order valence-corrected chi connectivity index (χ1v) is 6.37. The molecule has 2 rings (SSSR count). The molecule has 76 valence electrons. The minimum atomic E-state index is 0.252. The highest BCUT2D eigenvalue weighted by Crippen LogP contribution is 1.94. The second kappa shape index (κ2) is 4.45. The smallest absolute Gasteiger partial charge is 0.0398 e. The molecule has 0 aliphatic heterocycles. The lowest BCUT2D eigenvalue weighted by molar-refractivity contribution is 1.48. The molecule has 0 atom stereocenters. The van der Waals surface area contributed by atoms with E-state index >= 15 is 0 Å². The van der Waals surface area contributed by atoms with Crippen molar-refractivity contribution in [3.63, 3.8) is 0 Å². The van der Waals surface area contributed by atoms with Crippen LogP contribution in [0.4, 0.5) is 0 Å². The van der Waals surface area contributed by atoms with Gasteiger partial charge in [0.25, 0.3) is 0 Å². The van der Waals surface area contributed by atoms with Crippen molar-refractivity contribution >= 4 is 19.9 Å². The normalized spacial score (nSPS) is 10.0. The predicted octanol–water partition coefficient (Wildman–Crippen LogP) is 1.69. The molecule has 0 N–H and O–H groups in total. The van der Waals surface area contributed by atoms with E-state index in [-0.39, 0.29) is 9.52 Å². The van der Waals surface area contributed by atoms with Crippen molar-refractivity contribution in [2.75, 3.05) is 0 Å². The summed E-state index contributed by atoms with van der Waals surface area (Å²) in [6.45, 7) is 4.26. The largest absolute Gasteiger partial charge is 0.269 e. The van der Waals surface area contributed by atoms with Crippen LogP contribution in [0.25, 0.3) is 0 Å². The molecule has 2 aromatic carbocycles. The fraction of sp³-hybridized carbons (Fsp3) is 0.143. The third-order valence-electron chi connectivity index (χ3n) is 2.49. The van der Waals surface area contributed by atoms with Crippen molar-refractivity contribution in [3.8, 4) is 0 Å². The number of hydrogen-bond donors (Lipinski definition) is 0. The molecule has 0 nitrogen and oxygen atoms in total. The van der Waals surface area contributed by atoms with Crippen LogP contribution in [0, 0.1) is 13.8 Å². The molecule has 0 unspecified atom stereocenters. The van der Waals surface area contributed by atoms with E-state index in [4.69, 9.17) is 0 Å². The van der Waals surface area contributed by atoms with Gasteiger partial charge in [-0.15, -0.1) is 0 Å². The van der Waals surface area contributed by atoms with Gasteiger partial charge in [-0.1, -0.05) is 59.7 Å². The van der Waals surface area contributed by atoms with E-state index in [9.17, 15) is 0 Å². The fourth-order valence-electron chi connectivity index (χ4n) is 1.52. The molecular weight excluding hydrogens is 196 g/mol. The van der Waals surface area contributed by atoms with Gasteiger partial charge in [0, 0.05) is 0 Å². The molecular formula is C14H15Si-. The van der Waals surface area contributed by atoms with Gasteiger partial charge in [-0.2, -0.15) is 10.4 Å². The lowest BCUT2D eigenvalue weighted by Gasteiger charge is -2.14. The van der Waals surface area contributed by atoms with Gasteiger partial charge in [0.15, 0.2) is 0 Å². The van der Waals surface area contributed by atoms with Crippen molar-refractivity contribution in [2.45, 2.75) is 13.8 Å². The molecule has 0 heterocycles. The van der Waals surface area contributed by atoms with Gasteiger partial charge in [0.05, 0.1) is 0 Å². The lowest BCUT2D eigenvalue weighted by Crippen LogP contribution is -2.26. The second-order valence-electron chi connectivity index (χ2n) is 3.97. The Kier molecular flexibility index (Phi) is 3.02. The Bertz CT molecular complexity index is 382. The first-order chi connectivity index (χ1) is 7.24. The topological polar surface area (TPSA) is 0 Å². The summed E-state index contributed by atoms with van der Waals surface area (Å²) in [7, 11) is 0.252. The SMILES string of the molecule is Cc1ccc([SiH-]c2ccc(C)cc2)cc1. The first-order valence-electron chi connectivity index (χ1n) is 5.22. The maximum absolute atomic E-state index is 2.24. The van der Waals surface area contributed by atoms with Crippen LogP contribution >= 0.6 is 0 Å².